The molecule has 7 atom stereocenters. The number of sulfonamides is 1. The monoisotopic (exact) mass is 761 g/mol. The number of carbonyl (C=O) groups excluding carboxylic acids is 3. The molecular weight excluding hydrogens is 719 g/mol. The van der Waals surface area contributed by atoms with Crippen molar-refractivity contribution in [3.63, 3.8) is 0 Å². The zero-order valence-corrected chi connectivity index (χ0v) is 30.2. The van der Waals surface area contributed by atoms with Crippen LogP contribution in [0.2, 0.25) is 5.02 Å². The molecule has 3 fully saturated rings. The van der Waals surface area contributed by atoms with Crippen molar-refractivity contribution >= 4 is 45.4 Å². The highest BCUT2D eigenvalue weighted by atomic mass is 35.5. The fourth-order valence-corrected chi connectivity index (χ4v) is 8.62. The average molecular weight is 762 g/mol. The Hall–Kier alpha value is -3.60. The van der Waals surface area contributed by atoms with Crippen molar-refractivity contribution in [1.29, 1.82) is 0 Å². The van der Waals surface area contributed by atoms with Crippen molar-refractivity contribution in [2.24, 2.45) is 17.8 Å². The predicted octanol–water partition coefficient (Wildman–Crippen LogP) is 4.27. The Labute approximate surface area is 299 Å². The number of fused-ring (bicyclic) bond motifs is 2. The third-order valence-corrected chi connectivity index (χ3v) is 12.4. The van der Waals surface area contributed by atoms with Gasteiger partial charge in [0.15, 0.2) is 0 Å². The lowest BCUT2D eigenvalue weighted by Crippen LogP contribution is -2.66. The first-order valence-electron chi connectivity index (χ1n) is 16.9. The molecule has 0 aromatic carbocycles. The first-order chi connectivity index (χ1) is 23.7. The molecule has 5 rings (SSSR count). The Morgan fingerprint density at radius 3 is 2.47 bits per heavy atom. The molecule has 18 heteroatoms. The maximum atomic E-state index is 14.7. The molecule has 2 aliphatic heterocycles. The molecule has 0 radical (unpaired) electrons. The van der Waals surface area contributed by atoms with E-state index in [4.69, 9.17) is 16.3 Å². The third-order valence-electron chi connectivity index (χ3n) is 10.3. The van der Waals surface area contributed by atoms with Crippen molar-refractivity contribution in [3.05, 3.63) is 35.5 Å². The van der Waals surface area contributed by atoms with Gasteiger partial charge in [0.25, 0.3) is 5.91 Å². The van der Waals surface area contributed by atoms with Gasteiger partial charge in [-0.2, -0.15) is 13.2 Å². The Bertz CT molecular complexity index is 1690. The third kappa shape index (κ3) is 8.08. The molecule has 13 nitrogen and oxygen atoms in total. The molecule has 51 heavy (non-hydrogen) atoms. The predicted molar refractivity (Wildman–Crippen MR) is 178 cm³/mol. The van der Waals surface area contributed by atoms with E-state index >= 15 is 0 Å². The summed E-state index contributed by atoms with van der Waals surface area (Å²) >= 11 is 6.08. The largest absolute Gasteiger partial charge is 0.472 e. The molecule has 2 saturated carbocycles. The van der Waals surface area contributed by atoms with Gasteiger partial charge in [-0.3, -0.25) is 24.0 Å². The normalized spacial score (nSPS) is 30.6. The molecule has 3 heterocycles. The van der Waals surface area contributed by atoms with E-state index in [0.717, 1.165) is 4.90 Å². The van der Waals surface area contributed by atoms with E-state index in [1.807, 2.05) is 6.92 Å². The minimum atomic E-state index is -5.08. The minimum Gasteiger partial charge on any atom is -0.472 e. The van der Waals surface area contributed by atoms with Crippen LogP contribution in [0.1, 0.15) is 72.6 Å². The number of hydrogen-bond acceptors (Lipinski definition) is 8. The first-order valence-corrected chi connectivity index (χ1v) is 18.8. The summed E-state index contributed by atoms with van der Waals surface area (Å²) in [5.74, 6) is -4.50. The lowest BCUT2D eigenvalue weighted by atomic mass is 9.85. The summed E-state index contributed by atoms with van der Waals surface area (Å²) in [5, 5.41) is 12.5. The zero-order valence-electron chi connectivity index (χ0n) is 28.7. The number of hydrogen-bond donors (Lipinski definition) is 3. The quantitative estimate of drug-likeness (QED) is 0.343. The molecule has 0 spiro atoms. The molecule has 1 saturated heterocycles. The van der Waals surface area contributed by atoms with Gasteiger partial charge in [-0.25, -0.2) is 18.2 Å². The number of rotatable bonds is 7. The molecule has 3 N–H and O–H groups in total. The summed E-state index contributed by atoms with van der Waals surface area (Å²) in [6.45, 7) is 4.37. The Morgan fingerprint density at radius 2 is 1.86 bits per heavy atom. The van der Waals surface area contributed by atoms with Crippen LogP contribution in [0.15, 0.2) is 30.5 Å². The van der Waals surface area contributed by atoms with E-state index in [1.165, 1.54) is 25.3 Å². The van der Waals surface area contributed by atoms with Gasteiger partial charge < -0.3 is 20.1 Å². The highest BCUT2D eigenvalue weighted by molar-refractivity contribution is 7.91. The Kier molecular flexibility index (Phi) is 10.7. The maximum absolute atomic E-state index is 14.7. The number of nitrogens with one attached hydrogen (secondary N) is 2. The highest BCUT2D eigenvalue weighted by Gasteiger charge is 2.63. The van der Waals surface area contributed by atoms with Crippen molar-refractivity contribution in [2.75, 3.05) is 6.54 Å². The summed E-state index contributed by atoms with van der Waals surface area (Å²) in [6.07, 6.45) is -1.31. The molecule has 4 aliphatic rings. The first kappa shape index (κ1) is 38.6. The minimum absolute atomic E-state index is 0.0423. The van der Waals surface area contributed by atoms with Crippen LogP contribution in [0.5, 0.6) is 5.88 Å². The summed E-state index contributed by atoms with van der Waals surface area (Å²) in [7, 11) is -4.00. The molecule has 1 aromatic heterocycles. The number of halogens is 4. The second-order valence-corrected chi connectivity index (χ2v) is 17.1. The smallest absolute Gasteiger partial charge is 0.411 e. The maximum Gasteiger partial charge on any atom is 0.411 e. The number of aromatic nitrogens is 1. The second kappa shape index (κ2) is 14.1. The number of ether oxygens (including phenoxy) is 1. The van der Waals surface area contributed by atoms with Gasteiger partial charge in [0.2, 0.25) is 27.7 Å². The lowest BCUT2D eigenvalue weighted by Gasteiger charge is -2.45. The molecule has 1 aromatic rings. The molecule has 2 aliphatic carbocycles. The highest BCUT2D eigenvalue weighted by Crippen LogP contribution is 2.46. The number of pyridine rings is 1. The van der Waals surface area contributed by atoms with E-state index in [1.54, 1.807) is 12.2 Å². The summed E-state index contributed by atoms with van der Waals surface area (Å²) in [6, 6.07) is -0.437. The molecular formula is C33H43ClF3N5O8S. The van der Waals surface area contributed by atoms with E-state index < -0.39 is 86.4 Å². The SMILES string of the molecule is C[C@@H]1CCC=C[C@@H]2C[C@@]2(C(=O)NS(=O)(=O)C2CC2)NC(=O)[C@@H]2C[C@@H](Oc3cc(Cl)ccn3)CN2C(=O)[C@@H](N(C(=O)O)C(C)(C)C(F)(F)F)[C@H](C)C1. The van der Waals surface area contributed by atoms with Gasteiger partial charge in [-0.1, -0.05) is 37.6 Å². The number of carboxylic acid groups (broad SMARTS) is 1. The average Bonchev–Trinajstić information content (AvgIpc) is 3.93. The molecule has 0 bridgehead atoms. The van der Waals surface area contributed by atoms with Gasteiger partial charge in [0, 0.05) is 29.6 Å². The standard InChI is InChI=1S/C33H43ClF3N5O8S/c1-18-7-5-6-8-20-16-32(20,29(45)40-51(48,49)23-9-10-23)39-27(43)24-15-22(50-25-14-21(34)11-12-38-25)17-41(24)28(44)26(19(2)13-18)42(30(46)47)31(3,4)33(35,36)37/h6,8,11-12,14,18-20,22-24,26H,5,7,9-10,13,15-17H2,1-4H3,(H,39,43)(H,40,45)(H,46,47)/t18-,19-,20-,22-,24+,26+,32-/m1/s1. The summed E-state index contributed by atoms with van der Waals surface area (Å²) in [5.41, 5.74) is -4.70. The van der Waals surface area contributed by atoms with Crippen molar-refractivity contribution < 1.29 is 50.6 Å². The van der Waals surface area contributed by atoms with Gasteiger partial charge in [0.1, 0.15) is 29.3 Å². The topological polar surface area (TPSA) is 175 Å². The summed E-state index contributed by atoms with van der Waals surface area (Å²) in [4.78, 5) is 60.5. The van der Waals surface area contributed by atoms with Gasteiger partial charge in [-0.15, -0.1) is 0 Å². The lowest BCUT2D eigenvalue weighted by molar-refractivity contribution is -0.222. The van der Waals surface area contributed by atoms with Gasteiger partial charge in [-0.05, 0) is 70.3 Å². The van der Waals surface area contributed by atoms with E-state index in [-0.39, 0.29) is 47.5 Å². The van der Waals surface area contributed by atoms with Crippen molar-refractivity contribution in [3.8, 4) is 5.88 Å². The van der Waals surface area contributed by atoms with E-state index in [0.29, 0.717) is 39.5 Å². The Balaban J connectivity index is 1.57. The second-order valence-electron chi connectivity index (χ2n) is 14.7. The van der Waals surface area contributed by atoms with Crippen LogP contribution >= 0.6 is 11.6 Å². The van der Waals surface area contributed by atoms with Crippen LogP contribution in [0.3, 0.4) is 0 Å². The van der Waals surface area contributed by atoms with Crippen LogP contribution in [-0.2, 0) is 24.4 Å². The van der Waals surface area contributed by atoms with Crippen LogP contribution in [0, 0.1) is 17.8 Å². The van der Waals surface area contributed by atoms with Crippen LogP contribution < -0.4 is 14.8 Å². The summed E-state index contributed by atoms with van der Waals surface area (Å²) < 4.78 is 77.1. The molecule has 282 valence electrons. The number of nitrogens with zero attached hydrogens (tertiary/aromatic N) is 3. The molecule has 0 unspecified atom stereocenters. The van der Waals surface area contributed by atoms with Crippen LogP contribution in [-0.4, -0.2) is 99.4 Å². The van der Waals surface area contributed by atoms with Gasteiger partial charge in [0.05, 0.1) is 11.8 Å². The number of allylic oxidation sites excluding steroid dienone is 1. The van der Waals surface area contributed by atoms with Crippen molar-refractivity contribution in [1.82, 2.24) is 24.8 Å². The van der Waals surface area contributed by atoms with Crippen LogP contribution in [0.25, 0.3) is 0 Å². The Morgan fingerprint density at radius 1 is 1.18 bits per heavy atom. The van der Waals surface area contributed by atoms with E-state index in [2.05, 4.69) is 15.0 Å². The fraction of sp³-hybridized carbons (Fsp3) is 0.667. The van der Waals surface area contributed by atoms with Crippen molar-refractivity contribution in [2.45, 2.75) is 113 Å². The van der Waals surface area contributed by atoms with E-state index in [9.17, 15) is 45.9 Å². The number of alkyl halides is 3. The molecule has 4 amide bonds. The van der Waals surface area contributed by atoms with Gasteiger partial charge >= 0.3 is 12.3 Å². The number of amides is 4. The zero-order chi connectivity index (χ0) is 37.7. The van der Waals surface area contributed by atoms with Crippen LogP contribution in [0.4, 0.5) is 18.0 Å². The number of carbonyl (C=O) groups is 4. The fourth-order valence-electron chi connectivity index (χ4n) is 7.11.